The molecule has 142 valence electrons. The van der Waals surface area contributed by atoms with Gasteiger partial charge in [-0.1, -0.05) is 30.3 Å². The average molecular weight is 377 g/mol. The number of benzene rings is 2. The molecule has 1 aromatic heterocycles. The highest BCUT2D eigenvalue weighted by Gasteiger charge is 2.03. The minimum atomic E-state index is -0.443. The van der Waals surface area contributed by atoms with Crippen LogP contribution in [0, 0.1) is 5.82 Å². The first-order chi connectivity index (χ1) is 13.5. The molecule has 3 N–H and O–H groups in total. The number of primary amides is 1. The molecule has 0 bridgehead atoms. The lowest BCUT2D eigenvalue weighted by Crippen LogP contribution is -2.22. The van der Waals surface area contributed by atoms with Crippen molar-refractivity contribution in [2.75, 3.05) is 0 Å². The van der Waals surface area contributed by atoms with Crippen LogP contribution in [0.5, 0.6) is 0 Å². The summed E-state index contributed by atoms with van der Waals surface area (Å²) in [6.07, 6.45) is 6.26. The fourth-order valence-corrected chi connectivity index (χ4v) is 2.17. The predicted octanol–water partition coefficient (Wildman–Crippen LogP) is 3.34. The largest absolute Gasteiger partial charge is 0.366 e. The summed E-state index contributed by atoms with van der Waals surface area (Å²) < 4.78 is 12.9. The first kappa shape index (κ1) is 20.5. The quantitative estimate of drug-likeness (QED) is 0.669. The van der Waals surface area contributed by atoms with Crippen molar-refractivity contribution in [3.63, 3.8) is 0 Å². The summed E-state index contributed by atoms with van der Waals surface area (Å²) in [6.45, 7) is 0.325. The highest BCUT2D eigenvalue weighted by atomic mass is 19.1. The second kappa shape index (κ2) is 11.0. The number of pyridine rings is 1. The monoisotopic (exact) mass is 377 g/mol. The smallest absolute Gasteiger partial charge is 0.251 e. The average Bonchev–Trinajstić information content (AvgIpc) is 2.72. The third-order valence-electron chi connectivity index (χ3n) is 3.52. The molecule has 0 spiro atoms. The molecular formula is C22H20FN3O2. The van der Waals surface area contributed by atoms with Gasteiger partial charge in [-0.3, -0.25) is 14.6 Å². The maximum absolute atomic E-state index is 12.9. The zero-order valence-electron chi connectivity index (χ0n) is 15.1. The van der Waals surface area contributed by atoms with Crippen LogP contribution in [0.4, 0.5) is 4.39 Å². The van der Waals surface area contributed by atoms with E-state index >= 15 is 0 Å². The Balaban J connectivity index is 0.000000221. The zero-order chi connectivity index (χ0) is 20.2. The Hall–Kier alpha value is -3.80. The van der Waals surface area contributed by atoms with Gasteiger partial charge in [0.05, 0.1) is 0 Å². The zero-order valence-corrected chi connectivity index (χ0v) is 15.1. The van der Waals surface area contributed by atoms with E-state index in [1.165, 1.54) is 18.2 Å². The molecular weight excluding hydrogens is 357 g/mol. The highest BCUT2D eigenvalue weighted by molar-refractivity contribution is 5.94. The van der Waals surface area contributed by atoms with E-state index in [2.05, 4.69) is 10.3 Å². The molecule has 5 nitrogen and oxygen atoms in total. The Kier molecular flexibility index (Phi) is 8.08. The molecule has 0 aliphatic rings. The van der Waals surface area contributed by atoms with Crippen LogP contribution < -0.4 is 11.1 Å². The summed E-state index contributed by atoms with van der Waals surface area (Å²) in [5.41, 5.74) is 7.16. The van der Waals surface area contributed by atoms with E-state index in [1.54, 1.807) is 67.0 Å². The number of carbonyl (C=O) groups excluding carboxylic acids is 2. The summed E-state index contributed by atoms with van der Waals surface area (Å²) >= 11 is 0. The molecule has 28 heavy (non-hydrogen) atoms. The maximum atomic E-state index is 12.9. The van der Waals surface area contributed by atoms with Gasteiger partial charge >= 0.3 is 0 Å². The maximum Gasteiger partial charge on any atom is 0.251 e. The van der Waals surface area contributed by atoms with Crippen LogP contribution in [0.3, 0.4) is 0 Å². The topological polar surface area (TPSA) is 85.1 Å². The van der Waals surface area contributed by atoms with Gasteiger partial charge in [0.25, 0.3) is 5.91 Å². The second-order valence-electron chi connectivity index (χ2n) is 5.69. The van der Waals surface area contributed by atoms with Crippen LogP contribution in [0.2, 0.25) is 0 Å². The van der Waals surface area contributed by atoms with Gasteiger partial charge in [-0.25, -0.2) is 4.39 Å². The van der Waals surface area contributed by atoms with Gasteiger partial charge in [-0.05, 0) is 53.6 Å². The van der Waals surface area contributed by atoms with E-state index in [1.807, 2.05) is 6.07 Å². The second-order valence-corrected chi connectivity index (χ2v) is 5.69. The lowest BCUT2D eigenvalue weighted by Gasteiger charge is -2.05. The van der Waals surface area contributed by atoms with Crippen LogP contribution >= 0.6 is 0 Å². The van der Waals surface area contributed by atoms with Crippen LogP contribution in [0.25, 0.3) is 6.08 Å². The number of hydrogen-bond donors (Lipinski definition) is 2. The number of halogens is 1. The lowest BCUT2D eigenvalue weighted by atomic mass is 10.2. The Morgan fingerprint density at radius 1 is 1.00 bits per heavy atom. The molecule has 0 saturated carbocycles. The SMILES string of the molecule is NC(=O)/C=C/c1ccncc1.O=C(NCc1cccc(F)c1)c1ccccc1. The van der Waals surface area contributed by atoms with Crippen molar-refractivity contribution in [3.8, 4) is 0 Å². The summed E-state index contributed by atoms with van der Waals surface area (Å²) in [7, 11) is 0. The van der Waals surface area contributed by atoms with Crippen LogP contribution in [0.15, 0.2) is 85.2 Å². The van der Waals surface area contributed by atoms with E-state index in [-0.39, 0.29) is 11.7 Å². The number of rotatable bonds is 5. The number of nitrogens with two attached hydrogens (primary N) is 1. The number of nitrogens with one attached hydrogen (secondary N) is 1. The van der Waals surface area contributed by atoms with E-state index < -0.39 is 5.91 Å². The van der Waals surface area contributed by atoms with Crippen molar-refractivity contribution < 1.29 is 14.0 Å². The summed E-state index contributed by atoms with van der Waals surface area (Å²) in [4.78, 5) is 25.8. The Morgan fingerprint density at radius 2 is 1.71 bits per heavy atom. The van der Waals surface area contributed by atoms with Crippen LogP contribution in [0.1, 0.15) is 21.5 Å². The van der Waals surface area contributed by atoms with Crippen LogP contribution in [-0.2, 0) is 11.3 Å². The number of hydrogen-bond acceptors (Lipinski definition) is 3. The molecule has 2 aromatic carbocycles. The Morgan fingerprint density at radius 3 is 2.36 bits per heavy atom. The van der Waals surface area contributed by atoms with Crippen molar-refractivity contribution in [3.05, 3.63) is 108 Å². The molecule has 6 heteroatoms. The van der Waals surface area contributed by atoms with Crippen molar-refractivity contribution in [2.45, 2.75) is 6.54 Å². The predicted molar refractivity (Wildman–Crippen MR) is 106 cm³/mol. The molecule has 1 heterocycles. The minimum Gasteiger partial charge on any atom is -0.366 e. The summed E-state index contributed by atoms with van der Waals surface area (Å²) in [5, 5.41) is 2.74. The lowest BCUT2D eigenvalue weighted by molar-refractivity contribution is -0.113. The molecule has 0 unspecified atom stereocenters. The molecule has 0 aliphatic heterocycles. The van der Waals surface area contributed by atoms with Gasteiger partial charge in [0.2, 0.25) is 5.91 Å². The van der Waals surface area contributed by atoms with E-state index in [4.69, 9.17) is 5.73 Å². The third kappa shape index (κ3) is 7.61. The molecule has 0 atom stereocenters. The molecule has 0 radical (unpaired) electrons. The molecule has 0 saturated heterocycles. The van der Waals surface area contributed by atoms with Gasteiger partial charge in [0, 0.05) is 30.6 Å². The number of aromatic nitrogens is 1. The summed E-state index contributed by atoms with van der Waals surface area (Å²) in [5.74, 6) is -0.895. The van der Waals surface area contributed by atoms with Gasteiger partial charge in [-0.15, -0.1) is 0 Å². The van der Waals surface area contributed by atoms with Crippen LogP contribution in [-0.4, -0.2) is 16.8 Å². The van der Waals surface area contributed by atoms with E-state index in [9.17, 15) is 14.0 Å². The fourth-order valence-electron chi connectivity index (χ4n) is 2.17. The fraction of sp³-hybridized carbons (Fsp3) is 0.0455. The van der Waals surface area contributed by atoms with Crippen molar-refractivity contribution in [2.24, 2.45) is 5.73 Å². The van der Waals surface area contributed by atoms with Crippen molar-refractivity contribution in [1.29, 1.82) is 0 Å². The van der Waals surface area contributed by atoms with E-state index in [0.29, 0.717) is 12.1 Å². The molecule has 3 rings (SSSR count). The first-order valence-corrected chi connectivity index (χ1v) is 8.50. The van der Waals surface area contributed by atoms with Gasteiger partial charge in [0.1, 0.15) is 5.82 Å². The Labute approximate surface area is 162 Å². The van der Waals surface area contributed by atoms with Gasteiger partial charge < -0.3 is 11.1 Å². The molecule has 0 aliphatic carbocycles. The van der Waals surface area contributed by atoms with Gasteiger partial charge in [-0.2, -0.15) is 0 Å². The number of nitrogens with zero attached hydrogens (tertiary/aromatic N) is 1. The first-order valence-electron chi connectivity index (χ1n) is 8.50. The molecule has 0 fully saturated rings. The van der Waals surface area contributed by atoms with Crippen molar-refractivity contribution >= 4 is 17.9 Å². The Bertz CT molecular complexity index is 929. The number of amides is 2. The standard InChI is InChI=1S/C14H12FNO.C8H8N2O/c15-13-8-4-5-11(9-13)10-16-14(17)12-6-2-1-3-7-12;9-8(11)2-1-7-3-5-10-6-4-7/h1-9H,10H2,(H,16,17);1-6H,(H2,9,11)/b;2-1+. The van der Waals surface area contributed by atoms with Crippen molar-refractivity contribution in [1.82, 2.24) is 10.3 Å². The normalized spacial score (nSPS) is 10.0. The number of carbonyl (C=O) groups is 2. The molecule has 2 amide bonds. The molecule has 3 aromatic rings. The van der Waals surface area contributed by atoms with E-state index in [0.717, 1.165) is 11.1 Å². The highest BCUT2D eigenvalue weighted by Crippen LogP contribution is 2.04. The van der Waals surface area contributed by atoms with Gasteiger partial charge in [0.15, 0.2) is 0 Å². The minimum absolute atomic E-state index is 0.158. The third-order valence-corrected chi connectivity index (χ3v) is 3.52. The summed E-state index contributed by atoms with van der Waals surface area (Å²) in [6, 6.07) is 18.7.